The third-order valence-corrected chi connectivity index (χ3v) is 4.33. The van der Waals surface area contributed by atoms with Crippen molar-refractivity contribution < 1.29 is 24.5 Å². The molecule has 3 aromatic rings. The van der Waals surface area contributed by atoms with E-state index in [4.69, 9.17) is 16.3 Å². The summed E-state index contributed by atoms with van der Waals surface area (Å²) < 4.78 is 5.13. The average molecular weight is 386 g/mol. The highest BCUT2D eigenvalue weighted by atomic mass is 35.5. The summed E-state index contributed by atoms with van der Waals surface area (Å²) in [7, 11) is 0. The molecule has 27 heavy (non-hydrogen) atoms. The second-order valence-electron chi connectivity index (χ2n) is 5.85. The Bertz CT molecular complexity index is 1030. The van der Waals surface area contributed by atoms with Crippen LogP contribution < -0.4 is 5.32 Å². The molecule has 0 aliphatic rings. The summed E-state index contributed by atoms with van der Waals surface area (Å²) in [6.45, 7) is 1.39. The van der Waals surface area contributed by atoms with Crippen molar-refractivity contribution in [3.05, 3.63) is 65.2 Å². The summed E-state index contributed by atoms with van der Waals surface area (Å²) in [5.41, 5.74) is 0.154. The zero-order chi connectivity index (χ0) is 19.6. The fraction of sp³-hybridized carbons (Fsp3) is 0.100. The number of esters is 1. The van der Waals surface area contributed by atoms with Crippen molar-refractivity contribution in [3.63, 3.8) is 0 Å². The van der Waals surface area contributed by atoms with Gasteiger partial charge in [-0.05, 0) is 25.1 Å². The maximum atomic E-state index is 12.4. The molecular weight excluding hydrogens is 370 g/mol. The molecule has 0 aliphatic heterocycles. The third kappa shape index (κ3) is 3.80. The van der Waals surface area contributed by atoms with E-state index in [9.17, 15) is 19.8 Å². The molecule has 3 rings (SSSR count). The van der Waals surface area contributed by atoms with Crippen molar-refractivity contribution in [2.24, 2.45) is 0 Å². The van der Waals surface area contributed by atoms with E-state index in [1.54, 1.807) is 48.5 Å². The van der Waals surface area contributed by atoms with Crippen LogP contribution in [-0.4, -0.2) is 28.2 Å². The average Bonchev–Trinajstić information content (AvgIpc) is 2.66. The summed E-state index contributed by atoms with van der Waals surface area (Å²) in [5.74, 6) is -2.02. The quantitative estimate of drug-likeness (QED) is 0.464. The number of hydrogen-bond acceptors (Lipinski definition) is 5. The lowest BCUT2D eigenvalue weighted by atomic mass is 10.0. The third-order valence-electron chi connectivity index (χ3n) is 4.00. The molecule has 0 saturated carbocycles. The lowest BCUT2D eigenvalue weighted by Crippen LogP contribution is -2.30. The molecule has 138 valence electrons. The zero-order valence-corrected chi connectivity index (χ0v) is 15.0. The molecule has 1 atom stereocenters. The summed E-state index contributed by atoms with van der Waals surface area (Å²) in [5, 5.41) is 24.0. The fourth-order valence-electron chi connectivity index (χ4n) is 2.57. The SMILES string of the molecule is C[C@@H](OC(=O)c1cc(O)c2ccccc2c1O)C(=O)Nc1ccccc1Cl. The van der Waals surface area contributed by atoms with Crippen LogP contribution in [0.15, 0.2) is 54.6 Å². The number of phenols is 2. The summed E-state index contributed by atoms with van der Waals surface area (Å²) in [6, 6.07) is 14.3. The van der Waals surface area contributed by atoms with E-state index >= 15 is 0 Å². The van der Waals surface area contributed by atoms with Crippen LogP contribution in [0.25, 0.3) is 10.8 Å². The zero-order valence-electron chi connectivity index (χ0n) is 14.3. The van der Waals surface area contributed by atoms with Crippen molar-refractivity contribution in [2.75, 3.05) is 5.32 Å². The van der Waals surface area contributed by atoms with Gasteiger partial charge in [0, 0.05) is 10.8 Å². The largest absolute Gasteiger partial charge is 0.507 e. The first-order chi connectivity index (χ1) is 12.9. The van der Waals surface area contributed by atoms with E-state index in [2.05, 4.69) is 5.32 Å². The van der Waals surface area contributed by atoms with Crippen LogP contribution >= 0.6 is 11.6 Å². The van der Waals surface area contributed by atoms with Crippen molar-refractivity contribution in [1.82, 2.24) is 0 Å². The maximum Gasteiger partial charge on any atom is 0.342 e. The number of fused-ring (bicyclic) bond motifs is 1. The van der Waals surface area contributed by atoms with Crippen molar-refractivity contribution >= 4 is 39.9 Å². The number of halogens is 1. The van der Waals surface area contributed by atoms with E-state index < -0.39 is 18.0 Å². The molecule has 6 nitrogen and oxygen atoms in total. The standard InChI is InChI=1S/C20H16ClNO5/c1-11(19(25)22-16-9-5-4-8-15(16)21)27-20(26)14-10-17(23)12-6-2-3-7-13(12)18(14)24/h2-11,23-24H,1H3,(H,22,25)/t11-/m1/s1. The van der Waals surface area contributed by atoms with Crippen LogP contribution in [0.5, 0.6) is 11.5 Å². The number of benzene rings is 3. The Morgan fingerprint density at radius 2 is 1.67 bits per heavy atom. The molecule has 1 amide bonds. The number of nitrogens with one attached hydrogen (secondary N) is 1. The first kappa shape index (κ1) is 18.5. The van der Waals surface area contributed by atoms with Gasteiger partial charge in [-0.3, -0.25) is 4.79 Å². The normalized spacial score (nSPS) is 11.8. The Morgan fingerprint density at radius 1 is 1.04 bits per heavy atom. The molecule has 0 saturated heterocycles. The number of para-hydroxylation sites is 1. The minimum Gasteiger partial charge on any atom is -0.507 e. The minimum absolute atomic E-state index is 0.177. The van der Waals surface area contributed by atoms with Gasteiger partial charge in [0.15, 0.2) is 6.10 Å². The second-order valence-corrected chi connectivity index (χ2v) is 6.26. The Balaban J connectivity index is 1.79. The van der Waals surface area contributed by atoms with Crippen LogP contribution in [0.3, 0.4) is 0 Å². The molecule has 3 N–H and O–H groups in total. The van der Waals surface area contributed by atoms with Crippen molar-refractivity contribution in [3.8, 4) is 11.5 Å². The predicted octanol–water partition coefficient (Wildman–Crippen LogP) is 4.09. The van der Waals surface area contributed by atoms with Gasteiger partial charge in [-0.15, -0.1) is 0 Å². The van der Waals surface area contributed by atoms with Crippen LogP contribution in [-0.2, 0) is 9.53 Å². The van der Waals surface area contributed by atoms with Crippen molar-refractivity contribution in [2.45, 2.75) is 13.0 Å². The van der Waals surface area contributed by atoms with Gasteiger partial charge in [0.05, 0.1) is 10.7 Å². The minimum atomic E-state index is -1.15. The highest BCUT2D eigenvalue weighted by molar-refractivity contribution is 6.33. The first-order valence-corrected chi connectivity index (χ1v) is 8.46. The molecule has 0 heterocycles. The Morgan fingerprint density at radius 3 is 2.37 bits per heavy atom. The fourth-order valence-corrected chi connectivity index (χ4v) is 2.75. The van der Waals surface area contributed by atoms with Gasteiger partial charge in [0.25, 0.3) is 5.91 Å². The van der Waals surface area contributed by atoms with Crippen LogP contribution in [0, 0.1) is 0 Å². The molecule has 7 heteroatoms. The topological polar surface area (TPSA) is 95.9 Å². The number of amides is 1. The van der Waals surface area contributed by atoms with E-state index in [1.807, 2.05) is 0 Å². The molecule has 0 radical (unpaired) electrons. The molecule has 0 spiro atoms. The van der Waals surface area contributed by atoms with E-state index in [0.29, 0.717) is 21.5 Å². The van der Waals surface area contributed by atoms with Gasteiger partial charge in [-0.25, -0.2) is 4.79 Å². The maximum absolute atomic E-state index is 12.4. The van der Waals surface area contributed by atoms with E-state index in [0.717, 1.165) is 6.07 Å². The Labute approximate surface area is 160 Å². The molecule has 3 aromatic carbocycles. The first-order valence-electron chi connectivity index (χ1n) is 8.08. The number of hydrogen-bond donors (Lipinski definition) is 3. The molecule has 0 unspecified atom stereocenters. The molecule has 0 aromatic heterocycles. The summed E-state index contributed by atoms with van der Waals surface area (Å²) >= 11 is 5.98. The van der Waals surface area contributed by atoms with E-state index in [-0.39, 0.29) is 17.1 Å². The van der Waals surface area contributed by atoms with Gasteiger partial charge in [0.2, 0.25) is 0 Å². The van der Waals surface area contributed by atoms with Crippen molar-refractivity contribution in [1.29, 1.82) is 0 Å². The van der Waals surface area contributed by atoms with Gasteiger partial charge in [-0.2, -0.15) is 0 Å². The van der Waals surface area contributed by atoms with Crippen LogP contribution in [0.1, 0.15) is 17.3 Å². The highest BCUT2D eigenvalue weighted by Crippen LogP contribution is 2.35. The second kappa shape index (κ2) is 7.55. The van der Waals surface area contributed by atoms with Gasteiger partial charge in [0.1, 0.15) is 17.1 Å². The number of ether oxygens (including phenoxy) is 1. The summed E-state index contributed by atoms with van der Waals surface area (Å²) in [6.07, 6.45) is -1.15. The number of phenolic OH excluding ortho intramolecular Hbond substituents is 2. The van der Waals surface area contributed by atoms with Crippen LogP contribution in [0.4, 0.5) is 5.69 Å². The molecule has 0 aliphatic carbocycles. The number of anilines is 1. The summed E-state index contributed by atoms with van der Waals surface area (Å²) in [4.78, 5) is 24.6. The Hall–Kier alpha value is -3.25. The van der Waals surface area contributed by atoms with Gasteiger partial charge >= 0.3 is 5.97 Å². The molecule has 0 fully saturated rings. The number of rotatable bonds is 4. The van der Waals surface area contributed by atoms with Gasteiger partial charge < -0.3 is 20.3 Å². The van der Waals surface area contributed by atoms with Gasteiger partial charge in [-0.1, -0.05) is 48.0 Å². The lowest BCUT2D eigenvalue weighted by Gasteiger charge is -2.15. The number of carbonyl (C=O) groups excluding carboxylic acids is 2. The number of aromatic hydroxyl groups is 2. The highest BCUT2D eigenvalue weighted by Gasteiger charge is 2.23. The van der Waals surface area contributed by atoms with Crippen LogP contribution in [0.2, 0.25) is 5.02 Å². The van der Waals surface area contributed by atoms with E-state index in [1.165, 1.54) is 6.92 Å². The smallest absolute Gasteiger partial charge is 0.342 e. The lowest BCUT2D eigenvalue weighted by molar-refractivity contribution is -0.123. The molecular formula is C20H16ClNO5. The Kier molecular flexibility index (Phi) is 5.19. The molecule has 0 bridgehead atoms. The predicted molar refractivity (Wildman–Crippen MR) is 102 cm³/mol. The number of carbonyl (C=O) groups is 2. The monoisotopic (exact) mass is 385 g/mol.